The smallest absolute Gasteiger partial charge is 0.254 e. The molecule has 12 heteroatoms. The number of sulfonamides is 1. The Balaban J connectivity index is 0.964. The third-order valence-corrected chi connectivity index (χ3v) is 13.2. The fourth-order valence-electron chi connectivity index (χ4n) is 7.80. The van der Waals surface area contributed by atoms with Crippen LogP contribution in [0.15, 0.2) is 120 Å². The van der Waals surface area contributed by atoms with Crippen molar-refractivity contribution in [1.82, 2.24) is 19.8 Å². The zero-order chi connectivity index (χ0) is 45.6. The van der Waals surface area contributed by atoms with Crippen LogP contribution in [0.1, 0.15) is 72.1 Å². The molecule has 6 aromatic rings. The highest BCUT2D eigenvalue weighted by Gasteiger charge is 2.25. The van der Waals surface area contributed by atoms with Crippen molar-refractivity contribution in [3.8, 4) is 17.2 Å². The van der Waals surface area contributed by atoms with Crippen LogP contribution in [0.4, 0.5) is 0 Å². The molecule has 0 aliphatic heterocycles. The quantitative estimate of drug-likeness (QED) is 0.0483. The zero-order valence-electron chi connectivity index (χ0n) is 38.0. The topological polar surface area (TPSA) is 127 Å². The molecular formula is C52H62N4O7S. The van der Waals surface area contributed by atoms with E-state index in [1.807, 2.05) is 27.8 Å². The van der Waals surface area contributed by atoms with Crippen molar-refractivity contribution in [3.63, 3.8) is 0 Å². The molecule has 0 aliphatic rings. The van der Waals surface area contributed by atoms with E-state index in [1.54, 1.807) is 84.7 Å². The Hall–Kier alpha value is -5.95. The molecule has 0 radical (unpaired) electrons. The number of aryl methyl sites for hydroxylation is 2. The van der Waals surface area contributed by atoms with Gasteiger partial charge in [-0.1, -0.05) is 85.3 Å². The van der Waals surface area contributed by atoms with Crippen LogP contribution in [0.25, 0.3) is 21.5 Å². The van der Waals surface area contributed by atoms with Gasteiger partial charge in [-0.15, -0.1) is 0 Å². The summed E-state index contributed by atoms with van der Waals surface area (Å²) in [6.45, 7) is 8.75. The molecule has 2 N–H and O–H groups in total. The summed E-state index contributed by atoms with van der Waals surface area (Å²) >= 11 is 0. The standard InChI is InChI=1S/C52H62N4O7S/c1-7-38(3)56(52(58)40-24-22-39(23-25-40)35-54-64(59,60)44-26-20-37(2)21-27-44)36-48-49(61-5)33-43(34-50(48)62-6)63-31-13-19-51(57)55(4)30-29-53-28-12-18-47-45-16-10-8-14-41(45)32-42-15-9-11-17-46(42)47/h8-11,14-17,20-27,32-34,38,53-54H,7,12-13,18-19,28-31,35-36H2,1-6H3. The molecule has 0 aromatic heterocycles. The minimum atomic E-state index is -3.69. The number of methoxy groups -OCH3 is 2. The number of fused-ring (bicyclic) bond motifs is 2. The second-order valence-corrected chi connectivity index (χ2v) is 18.0. The number of hydrogen-bond donors (Lipinski definition) is 2. The van der Waals surface area contributed by atoms with Crippen LogP contribution in [0.5, 0.6) is 17.2 Å². The highest BCUT2D eigenvalue weighted by Crippen LogP contribution is 2.36. The molecular weight excluding hydrogens is 825 g/mol. The van der Waals surface area contributed by atoms with Crippen LogP contribution in [0, 0.1) is 6.92 Å². The van der Waals surface area contributed by atoms with E-state index in [4.69, 9.17) is 14.2 Å². The summed E-state index contributed by atoms with van der Waals surface area (Å²) in [4.78, 5) is 30.8. The van der Waals surface area contributed by atoms with Gasteiger partial charge in [0, 0.05) is 56.8 Å². The van der Waals surface area contributed by atoms with E-state index in [0.717, 1.165) is 30.5 Å². The lowest BCUT2D eigenvalue weighted by molar-refractivity contribution is -0.130. The first-order valence-electron chi connectivity index (χ1n) is 22.1. The maximum Gasteiger partial charge on any atom is 0.254 e. The minimum Gasteiger partial charge on any atom is -0.496 e. The Morgan fingerprint density at radius 1 is 0.766 bits per heavy atom. The average Bonchev–Trinajstić information content (AvgIpc) is 3.31. The maximum atomic E-state index is 14.0. The van der Waals surface area contributed by atoms with Crippen LogP contribution in [-0.2, 0) is 34.3 Å². The van der Waals surface area contributed by atoms with E-state index in [-0.39, 0.29) is 35.8 Å². The highest BCUT2D eigenvalue weighted by molar-refractivity contribution is 7.89. The van der Waals surface area contributed by atoms with Gasteiger partial charge in [0.1, 0.15) is 17.2 Å². The van der Waals surface area contributed by atoms with Gasteiger partial charge >= 0.3 is 0 Å². The molecule has 2 amide bonds. The average molecular weight is 887 g/mol. The predicted octanol–water partition coefficient (Wildman–Crippen LogP) is 9.08. The number of amides is 2. The highest BCUT2D eigenvalue weighted by atomic mass is 32.2. The number of ether oxygens (including phenoxy) is 3. The second kappa shape index (κ2) is 22.6. The molecule has 0 saturated heterocycles. The molecule has 11 nitrogen and oxygen atoms in total. The fourth-order valence-corrected chi connectivity index (χ4v) is 8.81. The van der Waals surface area contributed by atoms with Crippen molar-refractivity contribution in [2.75, 3.05) is 47.5 Å². The van der Waals surface area contributed by atoms with Crippen molar-refractivity contribution >= 4 is 43.4 Å². The van der Waals surface area contributed by atoms with Gasteiger partial charge in [0.25, 0.3) is 5.91 Å². The van der Waals surface area contributed by atoms with E-state index >= 15 is 0 Å². The number of carbonyl (C=O) groups excluding carboxylic acids is 2. The zero-order valence-corrected chi connectivity index (χ0v) is 38.8. The summed E-state index contributed by atoms with van der Waals surface area (Å²) in [5.74, 6) is 1.45. The van der Waals surface area contributed by atoms with E-state index in [1.165, 1.54) is 27.1 Å². The monoisotopic (exact) mass is 886 g/mol. The van der Waals surface area contributed by atoms with E-state index in [0.29, 0.717) is 67.3 Å². The summed E-state index contributed by atoms with van der Waals surface area (Å²) in [6, 6.07) is 36.5. The van der Waals surface area contributed by atoms with Gasteiger partial charge in [-0.05, 0) is 109 Å². The van der Waals surface area contributed by atoms with Crippen LogP contribution in [0.3, 0.4) is 0 Å². The minimum absolute atomic E-state index is 0.0605. The Morgan fingerprint density at radius 2 is 1.39 bits per heavy atom. The Labute approximate surface area is 378 Å². The van der Waals surface area contributed by atoms with Gasteiger partial charge in [-0.3, -0.25) is 9.59 Å². The van der Waals surface area contributed by atoms with Crippen molar-refractivity contribution in [3.05, 3.63) is 143 Å². The Kier molecular flexibility index (Phi) is 16.8. The summed E-state index contributed by atoms with van der Waals surface area (Å²) in [6.07, 6.45) is 3.58. The lowest BCUT2D eigenvalue weighted by Gasteiger charge is -2.30. The van der Waals surface area contributed by atoms with Crippen LogP contribution >= 0.6 is 0 Å². The summed E-state index contributed by atoms with van der Waals surface area (Å²) < 4.78 is 46.0. The molecule has 6 aromatic carbocycles. The molecule has 0 saturated carbocycles. The molecule has 1 unspecified atom stereocenters. The molecule has 338 valence electrons. The Morgan fingerprint density at radius 3 is 2.00 bits per heavy atom. The van der Waals surface area contributed by atoms with Crippen molar-refractivity contribution in [2.24, 2.45) is 0 Å². The van der Waals surface area contributed by atoms with Crippen molar-refractivity contribution < 1.29 is 32.2 Å². The van der Waals surface area contributed by atoms with Gasteiger partial charge in [0.2, 0.25) is 15.9 Å². The molecule has 6 rings (SSSR count). The molecule has 1 atom stereocenters. The lowest BCUT2D eigenvalue weighted by Crippen LogP contribution is -2.38. The molecule has 0 spiro atoms. The largest absolute Gasteiger partial charge is 0.496 e. The van der Waals surface area contributed by atoms with Gasteiger partial charge in [-0.2, -0.15) is 0 Å². The molecule has 0 fully saturated rings. The molecule has 0 heterocycles. The lowest BCUT2D eigenvalue weighted by atomic mass is 9.94. The number of likely N-dealkylation sites (N-methyl/N-ethyl adjacent to an activating group) is 1. The number of nitrogens with zero attached hydrogens (tertiary/aromatic N) is 2. The summed E-state index contributed by atoms with van der Waals surface area (Å²) in [5.41, 5.74) is 4.25. The predicted molar refractivity (Wildman–Crippen MR) is 256 cm³/mol. The number of benzene rings is 6. The summed E-state index contributed by atoms with van der Waals surface area (Å²) in [5, 5.41) is 8.68. The third-order valence-electron chi connectivity index (χ3n) is 11.8. The van der Waals surface area contributed by atoms with E-state index in [2.05, 4.69) is 64.6 Å². The third kappa shape index (κ3) is 12.2. The van der Waals surface area contributed by atoms with Gasteiger partial charge in [-0.25, -0.2) is 13.1 Å². The number of nitrogens with one attached hydrogen (secondary N) is 2. The normalized spacial score (nSPS) is 12.0. The first-order valence-corrected chi connectivity index (χ1v) is 23.6. The van der Waals surface area contributed by atoms with Crippen LogP contribution < -0.4 is 24.2 Å². The number of hydrogen-bond acceptors (Lipinski definition) is 8. The number of carbonyl (C=O) groups is 2. The van der Waals surface area contributed by atoms with E-state index < -0.39 is 10.0 Å². The van der Waals surface area contributed by atoms with Crippen molar-refractivity contribution in [2.45, 2.75) is 76.9 Å². The van der Waals surface area contributed by atoms with Crippen molar-refractivity contribution in [1.29, 1.82) is 0 Å². The second-order valence-electron chi connectivity index (χ2n) is 16.2. The SMILES string of the molecule is CCC(C)N(Cc1c(OC)cc(OCCCC(=O)N(C)CCNCCCc2c3ccccc3cc3ccccc23)cc1OC)C(=O)c1ccc(CNS(=O)(=O)c2ccc(C)cc2)cc1. The first-order chi connectivity index (χ1) is 30.9. The summed E-state index contributed by atoms with van der Waals surface area (Å²) in [7, 11) is 1.29. The number of rotatable bonds is 23. The van der Waals surface area contributed by atoms with Crippen LogP contribution in [0.2, 0.25) is 0 Å². The van der Waals surface area contributed by atoms with E-state index in [9.17, 15) is 18.0 Å². The first kappa shape index (κ1) is 47.5. The molecule has 0 bridgehead atoms. The molecule has 0 aliphatic carbocycles. The van der Waals surface area contributed by atoms with Gasteiger partial charge < -0.3 is 29.3 Å². The van der Waals surface area contributed by atoms with Gasteiger partial charge in [0.15, 0.2) is 0 Å². The van der Waals surface area contributed by atoms with Crippen LogP contribution in [-0.4, -0.2) is 83.6 Å². The maximum absolute atomic E-state index is 14.0. The fraction of sp³-hybridized carbons (Fsp3) is 0.346. The van der Waals surface area contributed by atoms with Gasteiger partial charge in [0.05, 0.1) is 37.8 Å². The Bertz CT molecular complexity index is 2540. The molecule has 64 heavy (non-hydrogen) atoms.